The van der Waals surface area contributed by atoms with Crippen molar-refractivity contribution in [2.24, 2.45) is 21.7 Å². The maximum Gasteiger partial charge on any atom is 0.513 e. The Morgan fingerprint density at radius 3 is 1.11 bits per heavy atom. The van der Waals surface area contributed by atoms with Gasteiger partial charge in [0.15, 0.2) is 0 Å². The normalized spacial score (nSPS) is 14.1. The van der Waals surface area contributed by atoms with Gasteiger partial charge in [0.25, 0.3) is 11.6 Å². The molecule has 0 bridgehead atoms. The topological polar surface area (TPSA) is 107 Å². The predicted octanol–water partition coefficient (Wildman–Crippen LogP) is 7.60. The fraction of sp³-hybridized carbons (Fsp3) is 0.759. The highest BCUT2D eigenvalue weighted by atomic mass is 17.3. The minimum atomic E-state index is -1.67. The molecule has 0 unspecified atom stereocenters. The van der Waals surface area contributed by atoms with Gasteiger partial charge in [-0.15, -0.1) is 9.78 Å². The predicted molar refractivity (Wildman–Crippen MR) is 144 cm³/mol. The van der Waals surface area contributed by atoms with Gasteiger partial charge in [-0.1, -0.05) is 94.2 Å². The summed E-state index contributed by atoms with van der Waals surface area (Å²) in [5.41, 5.74) is -0.634. The van der Waals surface area contributed by atoms with Crippen LogP contribution < -0.4 is 0 Å². The zero-order valence-corrected chi connectivity index (χ0v) is 25.9. The second-order valence-corrected chi connectivity index (χ2v) is 12.8. The molecule has 9 nitrogen and oxygen atoms in total. The van der Waals surface area contributed by atoms with E-state index < -0.39 is 29.7 Å². The van der Waals surface area contributed by atoms with Gasteiger partial charge in [-0.2, -0.15) is 0 Å². The molecule has 9 heteroatoms. The molecule has 0 aliphatic rings. The third kappa shape index (κ3) is 11.6. The maximum atomic E-state index is 12.3. The molecule has 0 amide bonds. The number of rotatable bonds is 14. The first-order valence-corrected chi connectivity index (χ1v) is 13.0. The van der Waals surface area contributed by atoms with E-state index in [1.165, 1.54) is 39.8 Å². The van der Waals surface area contributed by atoms with E-state index in [0.29, 0.717) is 0 Å². The summed E-state index contributed by atoms with van der Waals surface area (Å²) in [6, 6.07) is 0. The highest BCUT2D eigenvalue weighted by molar-refractivity contribution is 5.81. The van der Waals surface area contributed by atoms with Crippen molar-refractivity contribution in [1.82, 2.24) is 0 Å². The van der Waals surface area contributed by atoms with Crippen LogP contribution in [-0.2, 0) is 38.6 Å². The van der Waals surface area contributed by atoms with E-state index in [1.807, 2.05) is 27.7 Å². The van der Waals surface area contributed by atoms with Crippen molar-refractivity contribution in [2.45, 2.75) is 121 Å². The van der Waals surface area contributed by atoms with Crippen molar-refractivity contribution in [2.75, 3.05) is 0 Å². The van der Waals surface area contributed by atoms with Gasteiger partial charge in [-0.25, -0.2) is 14.4 Å². The Balaban J connectivity index is 4.85. The lowest BCUT2D eigenvalue weighted by atomic mass is 9.66. The largest absolute Gasteiger partial charge is 0.513 e. The van der Waals surface area contributed by atoms with Crippen LogP contribution in [0.3, 0.4) is 0 Å². The molecule has 220 valence electrons. The standard InChI is InChI=1S/C29H50O9/c1-15-24(3,4)26(7,8)19-17-21(30)35-37-28(11,12)33-23(32)34-29(13,14)38-36-22(31)18-20-27(9,10)25(5,6)16-2/h17-20H,15-16H2,1-14H3/b19-17+,20-18+. The van der Waals surface area contributed by atoms with Crippen LogP contribution in [0.25, 0.3) is 0 Å². The Morgan fingerprint density at radius 1 is 0.553 bits per heavy atom. The third-order valence-electron chi connectivity index (χ3n) is 7.84. The van der Waals surface area contributed by atoms with E-state index in [4.69, 9.17) is 29.0 Å². The monoisotopic (exact) mass is 542 g/mol. The fourth-order valence-corrected chi connectivity index (χ4v) is 2.71. The summed E-state index contributed by atoms with van der Waals surface area (Å²) in [4.78, 5) is 56.0. The summed E-state index contributed by atoms with van der Waals surface area (Å²) in [6.45, 7) is 26.1. The summed E-state index contributed by atoms with van der Waals surface area (Å²) in [5.74, 6) is -4.87. The van der Waals surface area contributed by atoms with Gasteiger partial charge in [0.2, 0.25) is 0 Å². The molecule has 0 rings (SSSR count). The van der Waals surface area contributed by atoms with Crippen LogP contribution in [0.2, 0.25) is 0 Å². The summed E-state index contributed by atoms with van der Waals surface area (Å²) in [6.07, 6.45) is 6.70. The molecule has 0 aliphatic heterocycles. The zero-order valence-electron chi connectivity index (χ0n) is 25.9. The average Bonchev–Trinajstić information content (AvgIpc) is 2.77. The van der Waals surface area contributed by atoms with Crippen molar-refractivity contribution in [3.05, 3.63) is 24.3 Å². The quantitative estimate of drug-likeness (QED) is 0.0721. The van der Waals surface area contributed by atoms with Gasteiger partial charge in [0.1, 0.15) is 0 Å². The SMILES string of the molecule is CCC(C)(C)C(C)(C)/C=C/C(=O)OOC(C)(C)OC(=O)OC(C)(C)OOC(=O)/C=C/C(C)(C)C(C)(C)CC. The minimum absolute atomic E-state index is 0.0428. The first kappa shape index (κ1) is 35.6. The molecule has 38 heavy (non-hydrogen) atoms. The van der Waals surface area contributed by atoms with Crippen molar-refractivity contribution < 1.29 is 43.4 Å². The maximum absolute atomic E-state index is 12.3. The fourth-order valence-electron chi connectivity index (χ4n) is 2.71. The molecule has 0 aromatic carbocycles. The molecule has 0 radical (unpaired) electrons. The van der Waals surface area contributed by atoms with Crippen molar-refractivity contribution in [3.63, 3.8) is 0 Å². The number of hydrogen-bond acceptors (Lipinski definition) is 9. The van der Waals surface area contributed by atoms with Gasteiger partial charge >= 0.3 is 18.1 Å². The van der Waals surface area contributed by atoms with E-state index in [9.17, 15) is 14.4 Å². The van der Waals surface area contributed by atoms with Gasteiger partial charge in [0, 0.05) is 39.8 Å². The lowest BCUT2D eigenvalue weighted by molar-refractivity contribution is -0.397. The van der Waals surface area contributed by atoms with Crippen molar-refractivity contribution >= 4 is 18.1 Å². The molecule has 0 fully saturated rings. The molecular weight excluding hydrogens is 492 g/mol. The van der Waals surface area contributed by atoms with E-state index >= 15 is 0 Å². The minimum Gasteiger partial charge on any atom is -0.398 e. The van der Waals surface area contributed by atoms with Gasteiger partial charge < -0.3 is 9.47 Å². The average molecular weight is 543 g/mol. The molecule has 0 aliphatic carbocycles. The van der Waals surface area contributed by atoms with E-state index in [-0.39, 0.29) is 21.7 Å². The van der Waals surface area contributed by atoms with Crippen LogP contribution in [0.4, 0.5) is 4.79 Å². The Kier molecular flexibility index (Phi) is 12.3. The van der Waals surface area contributed by atoms with Crippen molar-refractivity contribution in [1.29, 1.82) is 0 Å². The van der Waals surface area contributed by atoms with Crippen LogP contribution in [0.5, 0.6) is 0 Å². The second kappa shape index (κ2) is 13.1. The lowest BCUT2D eigenvalue weighted by Gasteiger charge is -2.38. The molecule has 0 spiro atoms. The molecule has 0 heterocycles. The Bertz CT molecular complexity index is 804. The summed E-state index contributed by atoms with van der Waals surface area (Å²) >= 11 is 0. The van der Waals surface area contributed by atoms with Crippen LogP contribution in [0.15, 0.2) is 24.3 Å². The van der Waals surface area contributed by atoms with Gasteiger partial charge in [-0.05, 0) is 21.7 Å². The molecule has 0 saturated carbocycles. The van der Waals surface area contributed by atoms with Crippen LogP contribution in [-0.4, -0.2) is 29.7 Å². The highest BCUT2D eigenvalue weighted by Crippen LogP contribution is 2.43. The summed E-state index contributed by atoms with van der Waals surface area (Å²) < 4.78 is 10.1. The second-order valence-electron chi connectivity index (χ2n) is 12.8. The number of hydrogen-bond donors (Lipinski definition) is 0. The molecule has 0 saturated heterocycles. The van der Waals surface area contributed by atoms with E-state index in [1.54, 1.807) is 12.2 Å². The summed E-state index contributed by atoms with van der Waals surface area (Å²) in [5, 5.41) is 0. The first-order valence-electron chi connectivity index (χ1n) is 13.0. The van der Waals surface area contributed by atoms with Crippen LogP contribution in [0.1, 0.15) is 110 Å². The molecule has 0 aromatic rings. The molecular formula is C29H50O9. The first-order chi connectivity index (χ1) is 16.9. The number of allylic oxidation sites excluding steroid dienone is 2. The number of carbonyl (C=O) groups excluding carboxylic acids is 3. The Morgan fingerprint density at radius 2 is 0.842 bits per heavy atom. The highest BCUT2D eigenvalue weighted by Gasteiger charge is 2.36. The van der Waals surface area contributed by atoms with Gasteiger partial charge in [0.05, 0.1) is 0 Å². The number of carbonyl (C=O) groups is 3. The zero-order chi connectivity index (χ0) is 30.2. The van der Waals surface area contributed by atoms with Crippen LogP contribution >= 0.6 is 0 Å². The third-order valence-corrected chi connectivity index (χ3v) is 7.84. The van der Waals surface area contributed by atoms with Gasteiger partial charge in [-0.3, -0.25) is 9.78 Å². The Hall–Kier alpha value is -2.39. The van der Waals surface area contributed by atoms with Crippen molar-refractivity contribution in [3.8, 4) is 0 Å². The van der Waals surface area contributed by atoms with Crippen LogP contribution in [0, 0.1) is 21.7 Å². The smallest absolute Gasteiger partial charge is 0.398 e. The van der Waals surface area contributed by atoms with E-state index in [2.05, 4.69) is 41.5 Å². The molecule has 0 atom stereocenters. The number of ether oxygens (including phenoxy) is 2. The summed E-state index contributed by atoms with van der Waals surface area (Å²) in [7, 11) is 0. The molecule has 0 N–H and O–H groups in total. The van der Waals surface area contributed by atoms with E-state index in [0.717, 1.165) is 12.8 Å². The molecule has 0 aromatic heterocycles. The Labute approximate surface area is 229 Å². The lowest BCUT2D eigenvalue weighted by Crippen LogP contribution is -2.38.